The fourth-order valence-corrected chi connectivity index (χ4v) is 4.46. The normalized spacial score (nSPS) is 23.9. The van der Waals surface area contributed by atoms with Gasteiger partial charge in [0.15, 0.2) is 0 Å². The molecule has 0 saturated carbocycles. The van der Waals surface area contributed by atoms with Crippen LogP contribution in [0.5, 0.6) is 5.75 Å². The Hall–Kier alpha value is -1.88. The summed E-state index contributed by atoms with van der Waals surface area (Å²) >= 11 is 0. The van der Waals surface area contributed by atoms with Gasteiger partial charge in [-0.1, -0.05) is 6.92 Å². The Balaban J connectivity index is 2.49. The molecule has 10 heteroatoms. The quantitative estimate of drug-likeness (QED) is 0.624. The second-order valence-electron chi connectivity index (χ2n) is 9.92. The second kappa shape index (κ2) is 12.9. The highest BCUT2D eigenvalue weighted by atomic mass is 32.2. The molecule has 0 spiro atoms. The molecule has 1 aromatic carbocycles. The number of carbonyl (C=O) groups is 1. The van der Waals surface area contributed by atoms with Crippen molar-refractivity contribution in [3.8, 4) is 5.75 Å². The van der Waals surface area contributed by atoms with E-state index in [-0.39, 0.29) is 31.1 Å². The minimum Gasteiger partial charge on any atom is -0.490 e. The smallest absolute Gasteiger partial charge is 0.258 e. The molecule has 1 N–H and O–H groups in total. The summed E-state index contributed by atoms with van der Waals surface area (Å²) in [5.74, 6) is 0.106. The third-order valence-corrected chi connectivity index (χ3v) is 7.84. The number of benzene rings is 1. The fourth-order valence-electron chi connectivity index (χ4n) is 4.04. The summed E-state index contributed by atoms with van der Waals surface area (Å²) in [6, 6.07) is 5.14. The Labute approximate surface area is 211 Å². The molecule has 200 valence electrons. The lowest BCUT2D eigenvalue weighted by atomic mass is 10.0. The summed E-state index contributed by atoms with van der Waals surface area (Å²) in [5, 5.41) is 9.96. The van der Waals surface area contributed by atoms with Crippen LogP contribution >= 0.6 is 0 Å². The van der Waals surface area contributed by atoms with Crippen molar-refractivity contribution in [2.24, 2.45) is 5.92 Å². The van der Waals surface area contributed by atoms with Gasteiger partial charge in [0.25, 0.3) is 5.91 Å². The Morgan fingerprint density at radius 2 is 1.89 bits per heavy atom. The molecule has 0 aliphatic carbocycles. The van der Waals surface area contributed by atoms with E-state index in [4.69, 9.17) is 9.47 Å². The van der Waals surface area contributed by atoms with Crippen LogP contribution in [0.1, 0.15) is 50.4 Å². The first-order valence-electron chi connectivity index (χ1n) is 12.3. The van der Waals surface area contributed by atoms with Crippen LogP contribution in [0.3, 0.4) is 0 Å². The molecule has 0 radical (unpaired) electrons. The maximum absolute atomic E-state index is 13.9. The molecule has 1 aromatic rings. The van der Waals surface area contributed by atoms with Gasteiger partial charge < -0.3 is 24.4 Å². The first-order valence-corrected chi connectivity index (χ1v) is 14.1. The Kier molecular flexibility index (Phi) is 10.8. The summed E-state index contributed by atoms with van der Waals surface area (Å²) < 4.78 is 37.8. The van der Waals surface area contributed by atoms with E-state index in [9.17, 15) is 18.3 Å². The number of nitrogens with zero attached hydrogens (tertiary/aromatic N) is 3. The number of fused-ring (bicyclic) bond motifs is 1. The Morgan fingerprint density at radius 1 is 1.20 bits per heavy atom. The maximum Gasteiger partial charge on any atom is 0.258 e. The summed E-state index contributed by atoms with van der Waals surface area (Å²) in [4.78, 5) is 17.5. The largest absolute Gasteiger partial charge is 0.490 e. The Bertz CT molecular complexity index is 939. The molecule has 4 atom stereocenters. The van der Waals surface area contributed by atoms with E-state index < -0.39 is 22.2 Å². The number of carbonyl (C=O) groups excluding carboxylic acids is 1. The molecule has 1 amide bonds. The van der Waals surface area contributed by atoms with Crippen molar-refractivity contribution in [2.75, 3.05) is 58.6 Å². The lowest BCUT2D eigenvalue weighted by Crippen LogP contribution is -2.47. The standard InChI is InChI=1S/C25H43N3O6S/c1-18-15-28(19(2)17-29)25(30)22-14-21(26(4)5)11-12-23(22)34-20(3)10-8-9-13-33-24(18)16-27(6)35(7,31)32/h11-12,14,18-20,24,29H,8-10,13,15-17H2,1-7H3/t18-,19+,20-,24-/m0/s1. The highest BCUT2D eigenvalue weighted by molar-refractivity contribution is 7.88. The van der Waals surface area contributed by atoms with Gasteiger partial charge >= 0.3 is 0 Å². The van der Waals surface area contributed by atoms with Crippen molar-refractivity contribution < 1.29 is 27.8 Å². The zero-order valence-corrected chi connectivity index (χ0v) is 23.0. The van der Waals surface area contributed by atoms with Gasteiger partial charge in [-0.05, 0) is 51.3 Å². The SMILES string of the molecule is C[C@H](CO)N1C[C@H](C)[C@H](CN(C)S(C)(=O)=O)OCCCC[C@H](C)Oc2ccc(N(C)C)cc2C1=O. The molecule has 1 heterocycles. The monoisotopic (exact) mass is 513 g/mol. The highest BCUT2D eigenvalue weighted by Crippen LogP contribution is 2.29. The van der Waals surface area contributed by atoms with E-state index in [1.54, 1.807) is 11.8 Å². The van der Waals surface area contributed by atoms with Gasteiger partial charge in [-0.2, -0.15) is 0 Å². The first kappa shape index (κ1) is 29.4. The minimum atomic E-state index is -3.38. The van der Waals surface area contributed by atoms with Gasteiger partial charge in [0.1, 0.15) is 5.75 Å². The number of aliphatic hydroxyl groups is 1. The average Bonchev–Trinajstić information content (AvgIpc) is 2.79. The molecule has 0 unspecified atom stereocenters. The van der Waals surface area contributed by atoms with Crippen molar-refractivity contribution in [3.63, 3.8) is 0 Å². The first-order chi connectivity index (χ1) is 16.3. The van der Waals surface area contributed by atoms with Crippen molar-refractivity contribution in [1.29, 1.82) is 0 Å². The van der Waals surface area contributed by atoms with Crippen LogP contribution in [-0.2, 0) is 14.8 Å². The minimum absolute atomic E-state index is 0.0931. The number of aliphatic hydroxyl groups excluding tert-OH is 1. The van der Waals surface area contributed by atoms with Crippen molar-refractivity contribution in [3.05, 3.63) is 23.8 Å². The van der Waals surface area contributed by atoms with E-state index in [1.807, 2.05) is 51.0 Å². The van der Waals surface area contributed by atoms with Crippen molar-refractivity contribution in [2.45, 2.75) is 58.3 Å². The predicted molar refractivity (Wildman–Crippen MR) is 139 cm³/mol. The molecule has 2 rings (SSSR count). The molecule has 0 saturated heterocycles. The fraction of sp³-hybridized carbons (Fsp3) is 0.720. The number of ether oxygens (including phenoxy) is 2. The van der Waals surface area contributed by atoms with E-state index in [1.165, 1.54) is 17.6 Å². The van der Waals surface area contributed by atoms with Gasteiger partial charge in [-0.3, -0.25) is 4.79 Å². The summed E-state index contributed by atoms with van der Waals surface area (Å²) in [7, 11) is 1.98. The van der Waals surface area contributed by atoms with Crippen LogP contribution < -0.4 is 9.64 Å². The van der Waals surface area contributed by atoms with Gasteiger partial charge in [0.05, 0.1) is 36.7 Å². The molecule has 9 nitrogen and oxygen atoms in total. The Morgan fingerprint density at radius 3 is 2.49 bits per heavy atom. The lowest BCUT2D eigenvalue weighted by molar-refractivity contribution is -0.00828. The van der Waals surface area contributed by atoms with E-state index in [2.05, 4.69) is 0 Å². The number of anilines is 1. The summed E-state index contributed by atoms with van der Waals surface area (Å²) in [6.07, 6.45) is 3.18. The summed E-state index contributed by atoms with van der Waals surface area (Å²) in [6.45, 7) is 6.51. The van der Waals surface area contributed by atoms with E-state index in [0.29, 0.717) is 24.5 Å². The maximum atomic E-state index is 13.9. The van der Waals surface area contributed by atoms with Crippen molar-refractivity contribution in [1.82, 2.24) is 9.21 Å². The van der Waals surface area contributed by atoms with Gasteiger partial charge in [0.2, 0.25) is 10.0 Å². The number of sulfonamides is 1. The third-order valence-electron chi connectivity index (χ3n) is 6.55. The number of likely N-dealkylation sites (N-methyl/N-ethyl adjacent to an activating group) is 1. The van der Waals surface area contributed by atoms with Crippen LogP contribution in [0.15, 0.2) is 18.2 Å². The van der Waals surface area contributed by atoms with Gasteiger partial charge in [-0.25, -0.2) is 12.7 Å². The molecule has 1 aliphatic rings. The number of hydrogen-bond acceptors (Lipinski definition) is 7. The molecule has 35 heavy (non-hydrogen) atoms. The van der Waals surface area contributed by atoms with Crippen LogP contribution in [0.4, 0.5) is 5.69 Å². The zero-order valence-electron chi connectivity index (χ0n) is 22.2. The molecule has 0 fully saturated rings. The average molecular weight is 514 g/mol. The zero-order chi connectivity index (χ0) is 26.3. The molecule has 1 aliphatic heterocycles. The van der Waals surface area contributed by atoms with Crippen LogP contribution in [0, 0.1) is 5.92 Å². The van der Waals surface area contributed by atoms with Crippen molar-refractivity contribution >= 4 is 21.6 Å². The third kappa shape index (κ3) is 8.34. The molecule has 0 bridgehead atoms. The highest BCUT2D eigenvalue weighted by Gasteiger charge is 2.31. The summed E-state index contributed by atoms with van der Waals surface area (Å²) in [5.41, 5.74) is 1.31. The van der Waals surface area contributed by atoms with E-state index >= 15 is 0 Å². The molecule has 0 aromatic heterocycles. The van der Waals surface area contributed by atoms with Gasteiger partial charge in [0, 0.05) is 52.4 Å². The van der Waals surface area contributed by atoms with Gasteiger partial charge in [-0.15, -0.1) is 0 Å². The number of amides is 1. The van der Waals surface area contributed by atoms with Crippen LogP contribution in [0.2, 0.25) is 0 Å². The van der Waals surface area contributed by atoms with Crippen LogP contribution in [-0.4, -0.2) is 101 Å². The number of hydrogen-bond donors (Lipinski definition) is 1. The molecular formula is C25H43N3O6S. The molecular weight excluding hydrogens is 470 g/mol. The lowest BCUT2D eigenvalue weighted by Gasteiger charge is -2.35. The van der Waals surface area contributed by atoms with Crippen LogP contribution in [0.25, 0.3) is 0 Å². The van der Waals surface area contributed by atoms with E-state index in [0.717, 1.165) is 24.9 Å². The second-order valence-corrected chi connectivity index (χ2v) is 12.0. The predicted octanol–water partition coefficient (Wildman–Crippen LogP) is 2.44. The number of rotatable bonds is 6. The topological polar surface area (TPSA) is 99.6 Å².